The number of carbonyl (C=O) groups is 2. The molecule has 0 radical (unpaired) electrons. The van der Waals surface area contributed by atoms with E-state index in [2.05, 4.69) is 19.2 Å². The summed E-state index contributed by atoms with van der Waals surface area (Å²) in [4.78, 5) is 25.8. The molecule has 0 spiro atoms. The van der Waals surface area contributed by atoms with E-state index in [0.29, 0.717) is 31.0 Å². The fourth-order valence-corrected chi connectivity index (χ4v) is 4.68. The molecule has 0 aromatic heterocycles. The molecule has 1 saturated carbocycles. The minimum atomic E-state index is -0.747. The van der Waals surface area contributed by atoms with Crippen molar-refractivity contribution >= 4 is 23.6 Å². The zero-order valence-corrected chi connectivity index (χ0v) is 20.6. The maximum Gasteiger partial charge on any atom is 0.322 e. The molecule has 176 valence electrons. The Balaban J connectivity index is 1.82. The van der Waals surface area contributed by atoms with Crippen LogP contribution >= 0.6 is 11.6 Å². The highest BCUT2D eigenvalue weighted by atomic mass is 35.5. The molecular weight excluding hydrogens is 428 g/mol. The third-order valence-electron chi connectivity index (χ3n) is 6.44. The number of ether oxygens (including phenoxy) is 1. The molecule has 2 amide bonds. The fraction of sp³-hybridized carbons (Fsp3) is 0.600. The summed E-state index contributed by atoms with van der Waals surface area (Å²) in [6.45, 7) is 13.2. The summed E-state index contributed by atoms with van der Waals surface area (Å²) < 4.78 is 5.86. The van der Waals surface area contributed by atoms with Crippen LogP contribution < -0.4 is 5.32 Å². The lowest BCUT2D eigenvalue weighted by atomic mass is 9.74. The average molecular weight is 463 g/mol. The molecule has 2 aliphatic rings. The molecule has 1 atom stereocenters. The molecule has 2 N–H and O–H groups in total. The van der Waals surface area contributed by atoms with Crippen LogP contribution in [0.5, 0.6) is 0 Å². The second-order valence-electron chi connectivity index (χ2n) is 10.5. The van der Waals surface area contributed by atoms with Gasteiger partial charge in [0.15, 0.2) is 0 Å². The number of carbonyl (C=O) groups excluding carboxylic acids is 1. The number of benzene rings is 1. The minimum absolute atomic E-state index is 0.174. The lowest BCUT2D eigenvalue weighted by Crippen LogP contribution is -2.56. The van der Waals surface area contributed by atoms with Gasteiger partial charge in [0, 0.05) is 17.8 Å². The number of urea groups is 1. The first-order chi connectivity index (χ1) is 14.8. The molecule has 1 heterocycles. The monoisotopic (exact) mass is 462 g/mol. The maximum atomic E-state index is 13.0. The summed E-state index contributed by atoms with van der Waals surface area (Å²) in [5.74, 6) is -0.621. The van der Waals surface area contributed by atoms with Crippen LogP contribution in [0.1, 0.15) is 65.5 Å². The van der Waals surface area contributed by atoms with Crippen LogP contribution in [0.4, 0.5) is 4.79 Å². The molecule has 1 aromatic rings. The number of amides is 2. The maximum absolute atomic E-state index is 13.0. The van der Waals surface area contributed by atoms with Crippen LogP contribution in [-0.4, -0.2) is 34.2 Å². The van der Waals surface area contributed by atoms with Crippen molar-refractivity contribution in [2.45, 2.75) is 72.1 Å². The number of aliphatic carboxylic acids is 1. The van der Waals surface area contributed by atoms with E-state index < -0.39 is 11.5 Å². The summed E-state index contributed by atoms with van der Waals surface area (Å²) in [5.41, 5.74) is 1.97. The van der Waals surface area contributed by atoms with Crippen molar-refractivity contribution in [3.63, 3.8) is 0 Å². The van der Waals surface area contributed by atoms with E-state index >= 15 is 0 Å². The highest BCUT2D eigenvalue weighted by Crippen LogP contribution is 2.40. The molecule has 1 aromatic carbocycles. The molecule has 0 bridgehead atoms. The van der Waals surface area contributed by atoms with Crippen molar-refractivity contribution in [3.8, 4) is 0 Å². The smallest absolute Gasteiger partial charge is 0.322 e. The SMILES string of the molecule is CC(C)C1=CN(C[C@H]2C[C@H](C(=O)O)C2)C(=O)N[C@@]1(C)c1ccc(COC(C)(C)C)c(Cl)c1. The van der Waals surface area contributed by atoms with Gasteiger partial charge in [0.05, 0.1) is 23.7 Å². The minimum Gasteiger partial charge on any atom is -0.481 e. The Morgan fingerprint density at radius 2 is 2.00 bits per heavy atom. The van der Waals surface area contributed by atoms with Crippen LogP contribution in [-0.2, 0) is 21.7 Å². The third-order valence-corrected chi connectivity index (χ3v) is 6.79. The zero-order valence-electron chi connectivity index (χ0n) is 19.9. The van der Waals surface area contributed by atoms with Gasteiger partial charge in [-0.15, -0.1) is 0 Å². The van der Waals surface area contributed by atoms with Crippen molar-refractivity contribution in [3.05, 3.63) is 46.1 Å². The van der Waals surface area contributed by atoms with E-state index in [0.717, 1.165) is 16.7 Å². The number of carboxylic acids is 1. The van der Waals surface area contributed by atoms with Crippen molar-refractivity contribution in [2.24, 2.45) is 17.8 Å². The van der Waals surface area contributed by atoms with E-state index in [4.69, 9.17) is 21.4 Å². The average Bonchev–Trinajstić information content (AvgIpc) is 2.63. The van der Waals surface area contributed by atoms with Crippen LogP contribution in [0.25, 0.3) is 0 Å². The second-order valence-corrected chi connectivity index (χ2v) is 10.9. The van der Waals surface area contributed by atoms with Gasteiger partial charge in [-0.2, -0.15) is 0 Å². The highest BCUT2D eigenvalue weighted by Gasteiger charge is 2.42. The molecule has 1 aliphatic carbocycles. The van der Waals surface area contributed by atoms with Gasteiger partial charge in [0.1, 0.15) is 0 Å². The summed E-state index contributed by atoms with van der Waals surface area (Å²) in [6, 6.07) is 5.71. The Morgan fingerprint density at radius 1 is 1.34 bits per heavy atom. The van der Waals surface area contributed by atoms with E-state index in [1.807, 2.05) is 52.1 Å². The Morgan fingerprint density at radius 3 is 2.53 bits per heavy atom. The standard InChI is InChI=1S/C25H35ClN2O4/c1-15(2)20-13-28(12-16-9-18(10-16)22(29)30)23(31)27-25(20,6)19-8-7-17(21(26)11-19)14-32-24(3,4)5/h7-8,11,13,15-16,18H,9-10,12,14H2,1-6H3,(H,27,31)(H,29,30)/t16-,18-,25-/m0/s1. The molecule has 0 unspecified atom stereocenters. The predicted octanol–water partition coefficient (Wildman–Crippen LogP) is 5.55. The number of hydrogen-bond donors (Lipinski definition) is 2. The van der Waals surface area contributed by atoms with Gasteiger partial charge in [0.25, 0.3) is 0 Å². The number of rotatable bonds is 7. The number of carboxylic acid groups (broad SMARTS) is 1. The highest BCUT2D eigenvalue weighted by molar-refractivity contribution is 6.31. The fourth-order valence-electron chi connectivity index (χ4n) is 4.45. The molecule has 1 fully saturated rings. The Bertz CT molecular complexity index is 915. The molecule has 1 aliphatic heterocycles. The lowest BCUT2D eigenvalue weighted by Gasteiger charge is -2.44. The molecule has 7 heteroatoms. The van der Waals surface area contributed by atoms with Crippen LogP contribution in [0, 0.1) is 17.8 Å². The van der Waals surface area contributed by atoms with Crippen molar-refractivity contribution < 1.29 is 19.4 Å². The summed E-state index contributed by atoms with van der Waals surface area (Å²) in [7, 11) is 0. The van der Waals surface area contributed by atoms with Gasteiger partial charge in [-0.3, -0.25) is 4.79 Å². The number of halogens is 1. The van der Waals surface area contributed by atoms with E-state index in [1.54, 1.807) is 4.90 Å². The van der Waals surface area contributed by atoms with E-state index in [9.17, 15) is 9.59 Å². The van der Waals surface area contributed by atoms with Crippen LogP contribution in [0.2, 0.25) is 5.02 Å². The molecule has 32 heavy (non-hydrogen) atoms. The third kappa shape index (κ3) is 5.29. The van der Waals surface area contributed by atoms with Gasteiger partial charge in [-0.25, -0.2) is 4.79 Å². The van der Waals surface area contributed by atoms with Crippen molar-refractivity contribution in [2.75, 3.05) is 6.54 Å². The van der Waals surface area contributed by atoms with Gasteiger partial charge in [-0.1, -0.05) is 37.6 Å². The second kappa shape index (κ2) is 9.06. The first kappa shape index (κ1) is 24.6. The van der Waals surface area contributed by atoms with Gasteiger partial charge in [0.2, 0.25) is 0 Å². The van der Waals surface area contributed by atoms with E-state index in [1.165, 1.54) is 0 Å². The Kier molecular flexibility index (Phi) is 6.97. The molecule has 3 rings (SSSR count). The summed E-state index contributed by atoms with van der Waals surface area (Å²) >= 11 is 6.60. The van der Waals surface area contributed by atoms with Gasteiger partial charge >= 0.3 is 12.0 Å². The van der Waals surface area contributed by atoms with Gasteiger partial charge in [-0.05, 0) is 75.1 Å². The molecule has 0 saturated heterocycles. The van der Waals surface area contributed by atoms with Crippen LogP contribution in [0.3, 0.4) is 0 Å². The normalized spacial score (nSPS) is 25.9. The van der Waals surface area contributed by atoms with Crippen molar-refractivity contribution in [1.82, 2.24) is 10.2 Å². The summed E-state index contributed by atoms with van der Waals surface area (Å²) in [6.07, 6.45) is 3.19. The Labute approximate surface area is 196 Å². The largest absolute Gasteiger partial charge is 0.481 e. The zero-order chi connectivity index (χ0) is 23.8. The van der Waals surface area contributed by atoms with Crippen molar-refractivity contribution in [1.29, 1.82) is 0 Å². The van der Waals surface area contributed by atoms with E-state index in [-0.39, 0.29) is 29.4 Å². The number of nitrogens with zero attached hydrogens (tertiary/aromatic N) is 1. The first-order valence-corrected chi connectivity index (χ1v) is 11.6. The van der Waals surface area contributed by atoms with Gasteiger partial charge < -0.3 is 20.1 Å². The van der Waals surface area contributed by atoms with Crippen LogP contribution in [0.15, 0.2) is 30.0 Å². The molecular formula is C25H35ClN2O4. The lowest BCUT2D eigenvalue weighted by molar-refractivity contribution is -0.146. The summed E-state index contributed by atoms with van der Waals surface area (Å²) in [5, 5.41) is 12.9. The Hall–Kier alpha value is -2.05. The predicted molar refractivity (Wildman–Crippen MR) is 125 cm³/mol. The molecule has 6 nitrogen and oxygen atoms in total. The topological polar surface area (TPSA) is 78.9 Å². The first-order valence-electron chi connectivity index (χ1n) is 11.3. The number of hydrogen-bond acceptors (Lipinski definition) is 3. The number of nitrogens with one attached hydrogen (secondary N) is 1. The quantitative estimate of drug-likeness (QED) is 0.557.